The number of hydrogen-bond donors (Lipinski definition) is 1. The van der Waals surface area contributed by atoms with E-state index in [2.05, 4.69) is 21.1 Å². The topological polar surface area (TPSA) is 29.9 Å². The maximum atomic E-state index is 4.64. The molecule has 0 radical (unpaired) electrons. The standard InChI is InChI=1S/C12H19N3/c1-2-7-15-11(5-1)9-14-12(15)10-4-3-6-13-8-10/h9-10,13H,1-8H2/t10-/m1/s1. The Morgan fingerprint density at radius 2 is 2.33 bits per heavy atom. The first-order valence-electron chi connectivity index (χ1n) is 6.20. The minimum absolute atomic E-state index is 0.658. The van der Waals surface area contributed by atoms with Crippen LogP contribution in [0.15, 0.2) is 6.20 Å². The van der Waals surface area contributed by atoms with Crippen molar-refractivity contribution in [1.82, 2.24) is 14.9 Å². The van der Waals surface area contributed by atoms with Crippen LogP contribution < -0.4 is 5.32 Å². The van der Waals surface area contributed by atoms with E-state index in [1.807, 2.05) is 0 Å². The van der Waals surface area contributed by atoms with Gasteiger partial charge in [0.25, 0.3) is 0 Å². The van der Waals surface area contributed by atoms with Crippen LogP contribution in [0, 0.1) is 0 Å². The molecule has 0 spiro atoms. The Morgan fingerprint density at radius 3 is 3.20 bits per heavy atom. The number of imidazole rings is 1. The lowest BCUT2D eigenvalue weighted by atomic mass is 9.98. The monoisotopic (exact) mass is 205 g/mol. The molecule has 0 unspecified atom stereocenters. The van der Waals surface area contributed by atoms with Gasteiger partial charge >= 0.3 is 0 Å². The quantitative estimate of drug-likeness (QED) is 0.756. The second-order valence-electron chi connectivity index (χ2n) is 4.76. The minimum atomic E-state index is 0.658. The summed E-state index contributed by atoms with van der Waals surface area (Å²) in [7, 11) is 0. The fourth-order valence-electron chi connectivity index (χ4n) is 2.86. The van der Waals surface area contributed by atoms with Crippen LogP contribution in [0.25, 0.3) is 0 Å². The van der Waals surface area contributed by atoms with Gasteiger partial charge in [0.1, 0.15) is 5.82 Å². The number of nitrogens with zero attached hydrogens (tertiary/aromatic N) is 2. The Balaban J connectivity index is 1.87. The Kier molecular flexibility index (Phi) is 2.49. The van der Waals surface area contributed by atoms with Crippen LogP contribution >= 0.6 is 0 Å². The lowest BCUT2D eigenvalue weighted by Gasteiger charge is -2.25. The summed E-state index contributed by atoms with van der Waals surface area (Å²) >= 11 is 0. The molecule has 1 atom stereocenters. The maximum absolute atomic E-state index is 4.64. The van der Waals surface area contributed by atoms with Crippen LogP contribution in [0.5, 0.6) is 0 Å². The number of nitrogens with one attached hydrogen (secondary N) is 1. The summed E-state index contributed by atoms with van der Waals surface area (Å²) < 4.78 is 2.47. The molecule has 0 amide bonds. The molecule has 1 aromatic heterocycles. The molecule has 0 bridgehead atoms. The zero-order valence-corrected chi connectivity index (χ0v) is 9.21. The molecule has 3 rings (SSSR count). The third kappa shape index (κ3) is 1.69. The SMILES string of the molecule is c1nc([C@@H]2CCCNC2)n2c1CCCC2. The zero-order chi connectivity index (χ0) is 10.1. The van der Waals surface area contributed by atoms with E-state index in [-0.39, 0.29) is 0 Å². The first kappa shape index (κ1) is 9.40. The predicted octanol–water partition coefficient (Wildman–Crippen LogP) is 1.69. The minimum Gasteiger partial charge on any atom is -0.332 e. The number of hydrogen-bond acceptors (Lipinski definition) is 2. The molecular formula is C12H19N3. The van der Waals surface area contributed by atoms with Crippen LogP contribution in [0.2, 0.25) is 0 Å². The molecular weight excluding hydrogens is 186 g/mol. The van der Waals surface area contributed by atoms with Gasteiger partial charge in [0, 0.05) is 30.9 Å². The average Bonchev–Trinajstić information content (AvgIpc) is 2.74. The first-order valence-corrected chi connectivity index (χ1v) is 6.20. The molecule has 1 N–H and O–H groups in total. The summed E-state index contributed by atoms with van der Waals surface area (Å²) in [6.07, 6.45) is 8.61. The molecule has 2 aliphatic rings. The molecule has 3 heteroatoms. The van der Waals surface area contributed by atoms with E-state index in [1.165, 1.54) is 56.7 Å². The largest absolute Gasteiger partial charge is 0.332 e. The zero-order valence-electron chi connectivity index (χ0n) is 9.21. The van der Waals surface area contributed by atoms with Crippen molar-refractivity contribution in [1.29, 1.82) is 0 Å². The van der Waals surface area contributed by atoms with Gasteiger partial charge in [-0.3, -0.25) is 0 Å². The van der Waals surface area contributed by atoms with Crippen LogP contribution in [-0.4, -0.2) is 22.6 Å². The normalized spacial score (nSPS) is 26.3. The summed E-state index contributed by atoms with van der Waals surface area (Å²) in [5.41, 5.74) is 1.46. The summed E-state index contributed by atoms with van der Waals surface area (Å²) in [5, 5.41) is 3.48. The molecule has 0 aromatic carbocycles. The van der Waals surface area contributed by atoms with Crippen LogP contribution in [-0.2, 0) is 13.0 Å². The molecule has 0 aliphatic carbocycles. The van der Waals surface area contributed by atoms with Crippen LogP contribution in [0.4, 0.5) is 0 Å². The Bertz CT molecular complexity index is 337. The highest BCUT2D eigenvalue weighted by molar-refractivity contribution is 5.12. The summed E-state index contributed by atoms with van der Waals surface area (Å²) in [4.78, 5) is 4.64. The van der Waals surface area contributed by atoms with E-state index in [1.54, 1.807) is 0 Å². The molecule has 1 fully saturated rings. The van der Waals surface area contributed by atoms with Gasteiger partial charge in [0.15, 0.2) is 0 Å². The predicted molar refractivity (Wildman–Crippen MR) is 60.0 cm³/mol. The van der Waals surface area contributed by atoms with E-state index in [0.29, 0.717) is 5.92 Å². The number of fused-ring (bicyclic) bond motifs is 1. The summed E-state index contributed by atoms with van der Waals surface area (Å²) in [6.45, 7) is 3.50. The van der Waals surface area contributed by atoms with Crippen LogP contribution in [0.1, 0.15) is 43.1 Å². The number of aryl methyl sites for hydroxylation is 1. The van der Waals surface area contributed by atoms with E-state index in [4.69, 9.17) is 0 Å². The second-order valence-corrected chi connectivity index (χ2v) is 4.76. The highest BCUT2D eigenvalue weighted by Crippen LogP contribution is 2.26. The molecule has 2 aliphatic heterocycles. The Labute approximate surface area is 90.9 Å². The lowest BCUT2D eigenvalue weighted by Crippen LogP contribution is -2.30. The van der Waals surface area contributed by atoms with Crippen molar-refractivity contribution in [3.05, 3.63) is 17.7 Å². The molecule has 15 heavy (non-hydrogen) atoms. The van der Waals surface area contributed by atoms with Gasteiger partial charge < -0.3 is 9.88 Å². The number of piperidine rings is 1. The molecule has 3 heterocycles. The first-order chi connectivity index (χ1) is 7.45. The summed E-state index contributed by atoms with van der Waals surface area (Å²) in [5.74, 6) is 2.00. The van der Waals surface area contributed by atoms with Crippen molar-refractivity contribution >= 4 is 0 Å². The van der Waals surface area contributed by atoms with Gasteiger partial charge in [0.05, 0.1) is 0 Å². The van der Waals surface area contributed by atoms with Gasteiger partial charge in [-0.15, -0.1) is 0 Å². The van der Waals surface area contributed by atoms with Gasteiger partial charge in [0.2, 0.25) is 0 Å². The Hall–Kier alpha value is -0.830. The summed E-state index contributed by atoms with van der Waals surface area (Å²) in [6, 6.07) is 0. The second kappa shape index (κ2) is 3.97. The van der Waals surface area contributed by atoms with E-state index < -0.39 is 0 Å². The molecule has 1 saturated heterocycles. The highest BCUT2D eigenvalue weighted by atomic mass is 15.1. The van der Waals surface area contributed by atoms with Crippen molar-refractivity contribution in [2.45, 2.75) is 44.6 Å². The molecule has 1 aromatic rings. The van der Waals surface area contributed by atoms with Crippen molar-refractivity contribution in [3.63, 3.8) is 0 Å². The van der Waals surface area contributed by atoms with Gasteiger partial charge in [-0.05, 0) is 38.6 Å². The molecule has 82 valence electrons. The Morgan fingerprint density at radius 1 is 1.33 bits per heavy atom. The van der Waals surface area contributed by atoms with Crippen molar-refractivity contribution in [2.75, 3.05) is 13.1 Å². The fraction of sp³-hybridized carbons (Fsp3) is 0.750. The van der Waals surface area contributed by atoms with Gasteiger partial charge in [-0.2, -0.15) is 0 Å². The molecule has 3 nitrogen and oxygen atoms in total. The highest BCUT2D eigenvalue weighted by Gasteiger charge is 2.22. The maximum Gasteiger partial charge on any atom is 0.113 e. The number of aromatic nitrogens is 2. The lowest BCUT2D eigenvalue weighted by molar-refractivity contribution is 0.417. The third-order valence-corrected chi connectivity index (χ3v) is 3.70. The van der Waals surface area contributed by atoms with Crippen molar-refractivity contribution in [3.8, 4) is 0 Å². The molecule has 0 saturated carbocycles. The van der Waals surface area contributed by atoms with E-state index in [0.717, 1.165) is 6.54 Å². The smallest absolute Gasteiger partial charge is 0.113 e. The fourth-order valence-corrected chi connectivity index (χ4v) is 2.86. The number of rotatable bonds is 1. The van der Waals surface area contributed by atoms with E-state index in [9.17, 15) is 0 Å². The third-order valence-electron chi connectivity index (χ3n) is 3.70. The van der Waals surface area contributed by atoms with Gasteiger partial charge in [-0.25, -0.2) is 4.98 Å². The van der Waals surface area contributed by atoms with Crippen molar-refractivity contribution < 1.29 is 0 Å². The van der Waals surface area contributed by atoms with Crippen molar-refractivity contribution in [2.24, 2.45) is 0 Å². The van der Waals surface area contributed by atoms with E-state index >= 15 is 0 Å². The van der Waals surface area contributed by atoms with Gasteiger partial charge in [-0.1, -0.05) is 0 Å². The van der Waals surface area contributed by atoms with Crippen LogP contribution in [0.3, 0.4) is 0 Å². The average molecular weight is 205 g/mol.